The SMILES string of the molecule is C[C@]1(O)CC[C@@H]1N1CCCNCC1. The minimum atomic E-state index is -0.412. The Bertz CT molecular complexity index is 174. The van der Waals surface area contributed by atoms with Gasteiger partial charge in [-0.25, -0.2) is 0 Å². The van der Waals surface area contributed by atoms with Crippen molar-refractivity contribution in [2.24, 2.45) is 0 Å². The quantitative estimate of drug-likeness (QED) is 0.611. The van der Waals surface area contributed by atoms with Gasteiger partial charge in [-0.1, -0.05) is 0 Å². The van der Waals surface area contributed by atoms with E-state index in [-0.39, 0.29) is 0 Å². The van der Waals surface area contributed by atoms with Crippen molar-refractivity contribution in [1.82, 2.24) is 10.2 Å². The Morgan fingerprint density at radius 1 is 1.38 bits per heavy atom. The predicted octanol–water partition coefficient (Wildman–Crippen LogP) is 0.195. The molecule has 3 nitrogen and oxygen atoms in total. The van der Waals surface area contributed by atoms with Crippen molar-refractivity contribution in [3.05, 3.63) is 0 Å². The lowest BCUT2D eigenvalue weighted by atomic mass is 9.75. The van der Waals surface area contributed by atoms with Crippen LogP contribution in [0.1, 0.15) is 26.2 Å². The molecular formula is C10H20N2O. The molecule has 0 bridgehead atoms. The zero-order valence-electron chi connectivity index (χ0n) is 8.42. The molecule has 13 heavy (non-hydrogen) atoms. The van der Waals surface area contributed by atoms with E-state index >= 15 is 0 Å². The van der Waals surface area contributed by atoms with Gasteiger partial charge in [0.25, 0.3) is 0 Å². The van der Waals surface area contributed by atoms with Crippen LogP contribution in [-0.4, -0.2) is 47.8 Å². The van der Waals surface area contributed by atoms with Crippen molar-refractivity contribution in [1.29, 1.82) is 0 Å². The van der Waals surface area contributed by atoms with Gasteiger partial charge in [-0.3, -0.25) is 4.90 Å². The smallest absolute Gasteiger partial charge is 0.0774 e. The maximum absolute atomic E-state index is 9.95. The summed E-state index contributed by atoms with van der Waals surface area (Å²) in [6.45, 7) is 6.42. The summed E-state index contributed by atoms with van der Waals surface area (Å²) in [5, 5.41) is 13.3. The first-order valence-corrected chi connectivity index (χ1v) is 5.37. The van der Waals surface area contributed by atoms with Crippen molar-refractivity contribution in [2.45, 2.75) is 37.8 Å². The monoisotopic (exact) mass is 184 g/mol. The van der Waals surface area contributed by atoms with Crippen LogP contribution in [0.4, 0.5) is 0 Å². The molecule has 0 unspecified atom stereocenters. The Kier molecular flexibility index (Phi) is 2.58. The third-order valence-electron chi connectivity index (χ3n) is 3.46. The molecule has 2 fully saturated rings. The van der Waals surface area contributed by atoms with Gasteiger partial charge in [0.1, 0.15) is 0 Å². The van der Waals surface area contributed by atoms with Gasteiger partial charge in [-0.2, -0.15) is 0 Å². The van der Waals surface area contributed by atoms with Crippen LogP contribution in [0, 0.1) is 0 Å². The summed E-state index contributed by atoms with van der Waals surface area (Å²) >= 11 is 0. The first kappa shape index (κ1) is 9.44. The molecule has 76 valence electrons. The minimum absolute atomic E-state index is 0.412. The van der Waals surface area contributed by atoms with Crippen LogP contribution in [0.5, 0.6) is 0 Å². The molecule has 3 heteroatoms. The molecule has 0 radical (unpaired) electrons. The second-order valence-electron chi connectivity index (χ2n) is 4.55. The molecule has 0 spiro atoms. The molecule has 1 aliphatic heterocycles. The fourth-order valence-corrected chi connectivity index (χ4v) is 2.45. The summed E-state index contributed by atoms with van der Waals surface area (Å²) in [6.07, 6.45) is 3.36. The first-order valence-electron chi connectivity index (χ1n) is 5.37. The Balaban J connectivity index is 1.91. The van der Waals surface area contributed by atoms with Crippen molar-refractivity contribution < 1.29 is 5.11 Å². The Labute approximate surface area is 80.1 Å². The van der Waals surface area contributed by atoms with Crippen LogP contribution in [0.15, 0.2) is 0 Å². The fourth-order valence-electron chi connectivity index (χ4n) is 2.45. The lowest BCUT2D eigenvalue weighted by Crippen LogP contribution is -2.59. The van der Waals surface area contributed by atoms with Gasteiger partial charge in [0.05, 0.1) is 5.60 Å². The van der Waals surface area contributed by atoms with E-state index in [1.807, 2.05) is 6.92 Å². The van der Waals surface area contributed by atoms with Crippen LogP contribution >= 0.6 is 0 Å². The average Bonchev–Trinajstić information content (AvgIpc) is 2.31. The fraction of sp³-hybridized carbons (Fsp3) is 1.00. The largest absolute Gasteiger partial charge is 0.389 e. The highest BCUT2D eigenvalue weighted by molar-refractivity contribution is 4.99. The average molecular weight is 184 g/mol. The Morgan fingerprint density at radius 3 is 2.85 bits per heavy atom. The number of nitrogens with one attached hydrogen (secondary N) is 1. The summed E-state index contributed by atoms with van der Waals surface area (Å²) in [5.41, 5.74) is -0.412. The van der Waals surface area contributed by atoms with E-state index in [4.69, 9.17) is 0 Å². The second-order valence-corrected chi connectivity index (χ2v) is 4.55. The Hall–Kier alpha value is -0.120. The van der Waals surface area contributed by atoms with Crippen LogP contribution in [0.3, 0.4) is 0 Å². The predicted molar refractivity (Wildman–Crippen MR) is 52.7 cm³/mol. The lowest BCUT2D eigenvalue weighted by molar-refractivity contribution is -0.101. The molecule has 0 amide bonds. The third kappa shape index (κ3) is 1.87. The van der Waals surface area contributed by atoms with E-state index in [1.54, 1.807) is 0 Å². The van der Waals surface area contributed by atoms with Crippen LogP contribution in [0.2, 0.25) is 0 Å². The molecule has 1 aliphatic carbocycles. The summed E-state index contributed by atoms with van der Waals surface area (Å²) in [6, 6.07) is 0.424. The van der Waals surface area contributed by atoms with E-state index in [0.29, 0.717) is 6.04 Å². The summed E-state index contributed by atoms with van der Waals surface area (Å²) in [4.78, 5) is 2.45. The molecule has 0 aromatic heterocycles. The van der Waals surface area contributed by atoms with Gasteiger partial charge in [0.2, 0.25) is 0 Å². The van der Waals surface area contributed by atoms with Crippen molar-refractivity contribution in [2.75, 3.05) is 26.2 Å². The van der Waals surface area contributed by atoms with Gasteiger partial charge >= 0.3 is 0 Å². The highest BCUT2D eigenvalue weighted by Crippen LogP contribution is 2.35. The highest BCUT2D eigenvalue weighted by Gasteiger charge is 2.44. The number of aliphatic hydroxyl groups is 1. The third-order valence-corrected chi connectivity index (χ3v) is 3.46. The number of hydrogen-bond donors (Lipinski definition) is 2. The van der Waals surface area contributed by atoms with Gasteiger partial charge in [0, 0.05) is 19.1 Å². The highest BCUT2D eigenvalue weighted by atomic mass is 16.3. The molecule has 0 aromatic carbocycles. The standard InChI is InChI=1S/C10H20N2O/c1-10(13)4-3-9(10)12-7-2-5-11-6-8-12/h9,11,13H,2-8H2,1H3/t9-,10-/m0/s1. The lowest BCUT2D eigenvalue weighted by Gasteiger charge is -2.48. The van der Waals surface area contributed by atoms with Crippen LogP contribution in [0.25, 0.3) is 0 Å². The molecule has 1 heterocycles. The molecular weight excluding hydrogens is 164 g/mol. The number of nitrogens with zero attached hydrogens (tertiary/aromatic N) is 1. The maximum atomic E-state index is 9.95. The van der Waals surface area contributed by atoms with Crippen molar-refractivity contribution >= 4 is 0 Å². The van der Waals surface area contributed by atoms with E-state index < -0.39 is 5.60 Å². The van der Waals surface area contributed by atoms with Gasteiger partial charge in [0.15, 0.2) is 0 Å². The van der Waals surface area contributed by atoms with Gasteiger partial charge in [-0.15, -0.1) is 0 Å². The normalized spacial score (nSPS) is 42.5. The van der Waals surface area contributed by atoms with Gasteiger partial charge in [-0.05, 0) is 39.3 Å². The molecule has 2 aliphatic rings. The molecule has 1 saturated heterocycles. The van der Waals surface area contributed by atoms with E-state index in [2.05, 4.69) is 10.2 Å². The summed E-state index contributed by atoms with van der Waals surface area (Å²) < 4.78 is 0. The number of rotatable bonds is 1. The van der Waals surface area contributed by atoms with E-state index in [0.717, 1.165) is 32.6 Å². The second kappa shape index (κ2) is 3.56. The minimum Gasteiger partial charge on any atom is -0.389 e. The van der Waals surface area contributed by atoms with E-state index in [1.165, 1.54) is 12.8 Å². The van der Waals surface area contributed by atoms with Crippen molar-refractivity contribution in [3.8, 4) is 0 Å². The topological polar surface area (TPSA) is 35.5 Å². The molecule has 1 saturated carbocycles. The van der Waals surface area contributed by atoms with E-state index in [9.17, 15) is 5.11 Å². The molecule has 2 rings (SSSR count). The van der Waals surface area contributed by atoms with Gasteiger partial charge < -0.3 is 10.4 Å². The van der Waals surface area contributed by atoms with Crippen LogP contribution < -0.4 is 5.32 Å². The zero-order valence-corrected chi connectivity index (χ0v) is 8.42. The van der Waals surface area contributed by atoms with Crippen molar-refractivity contribution in [3.63, 3.8) is 0 Å². The summed E-state index contributed by atoms with van der Waals surface area (Å²) in [5.74, 6) is 0. The summed E-state index contributed by atoms with van der Waals surface area (Å²) in [7, 11) is 0. The molecule has 2 N–H and O–H groups in total. The molecule has 2 atom stereocenters. The first-order chi connectivity index (χ1) is 6.20. The Morgan fingerprint density at radius 2 is 2.23 bits per heavy atom. The maximum Gasteiger partial charge on any atom is 0.0774 e. The van der Waals surface area contributed by atoms with Crippen LogP contribution in [-0.2, 0) is 0 Å². The number of hydrogen-bond acceptors (Lipinski definition) is 3. The zero-order chi connectivity index (χ0) is 9.31. The molecule has 0 aromatic rings.